The van der Waals surface area contributed by atoms with Crippen LogP contribution in [0, 0.1) is 13.8 Å². The Morgan fingerprint density at radius 3 is 2.18 bits per heavy atom. The van der Waals surface area contributed by atoms with Crippen LogP contribution in [0.1, 0.15) is 16.7 Å². The van der Waals surface area contributed by atoms with Crippen molar-refractivity contribution < 1.29 is 18.3 Å². The Labute approximate surface area is 103 Å². The van der Waals surface area contributed by atoms with E-state index in [0.29, 0.717) is 5.75 Å². The van der Waals surface area contributed by atoms with Crippen molar-refractivity contribution in [2.24, 2.45) is 0 Å². The Balaban J connectivity index is 2.46. The molecule has 0 aliphatic carbocycles. The van der Waals surface area contributed by atoms with E-state index in [1.54, 1.807) is 0 Å². The summed E-state index contributed by atoms with van der Waals surface area (Å²) in [4.78, 5) is 0. The quantitative estimate of drug-likeness (QED) is 0.898. The second-order valence-corrected chi connectivity index (χ2v) is 5.10. The van der Waals surface area contributed by atoms with Gasteiger partial charge in [-0.3, -0.25) is 0 Å². The third-order valence-electron chi connectivity index (χ3n) is 2.20. The van der Waals surface area contributed by atoms with Crippen LogP contribution in [0.25, 0.3) is 0 Å². The number of thioether (sulfide) groups is 1. The third-order valence-corrected chi connectivity index (χ3v) is 3.29. The third kappa shape index (κ3) is 5.00. The summed E-state index contributed by atoms with van der Waals surface area (Å²) >= 11 is 1.09. The lowest BCUT2D eigenvalue weighted by Crippen LogP contribution is -2.30. The van der Waals surface area contributed by atoms with Crippen molar-refractivity contribution >= 4 is 11.8 Å². The minimum Gasteiger partial charge on any atom is -0.383 e. The maximum Gasteiger partial charge on any atom is 0.415 e. The molecule has 1 unspecified atom stereocenters. The van der Waals surface area contributed by atoms with E-state index in [2.05, 4.69) is 0 Å². The fourth-order valence-electron chi connectivity index (χ4n) is 1.54. The van der Waals surface area contributed by atoms with Crippen LogP contribution in [0.4, 0.5) is 13.2 Å². The van der Waals surface area contributed by atoms with Gasteiger partial charge in [0, 0.05) is 11.5 Å². The van der Waals surface area contributed by atoms with Crippen LogP contribution in [0.5, 0.6) is 0 Å². The van der Waals surface area contributed by atoms with Gasteiger partial charge in [-0.15, -0.1) is 0 Å². The molecule has 1 nitrogen and oxygen atoms in total. The van der Waals surface area contributed by atoms with Crippen molar-refractivity contribution in [2.75, 3.05) is 5.75 Å². The van der Waals surface area contributed by atoms with Gasteiger partial charge in [0.05, 0.1) is 0 Å². The molecule has 0 saturated carbocycles. The van der Waals surface area contributed by atoms with Crippen LogP contribution in [0.2, 0.25) is 0 Å². The smallest absolute Gasteiger partial charge is 0.383 e. The molecule has 0 aromatic heterocycles. The SMILES string of the molecule is Cc1cc(C)cc(CSCC(O)C(F)(F)F)c1. The molecular weight excluding hydrogens is 249 g/mol. The molecule has 0 saturated heterocycles. The van der Waals surface area contributed by atoms with Crippen molar-refractivity contribution in [3.63, 3.8) is 0 Å². The van der Waals surface area contributed by atoms with E-state index in [-0.39, 0.29) is 5.75 Å². The lowest BCUT2D eigenvalue weighted by Gasteiger charge is -2.14. The van der Waals surface area contributed by atoms with E-state index in [4.69, 9.17) is 5.11 Å². The van der Waals surface area contributed by atoms with Gasteiger partial charge in [0.2, 0.25) is 0 Å². The lowest BCUT2D eigenvalue weighted by atomic mass is 10.1. The number of aliphatic hydroxyl groups is 1. The molecular formula is C12H15F3OS. The number of benzene rings is 1. The standard InChI is InChI=1S/C12H15F3OS/c1-8-3-9(2)5-10(4-8)6-17-7-11(16)12(13,14)15/h3-5,11,16H,6-7H2,1-2H3. The highest BCUT2D eigenvalue weighted by molar-refractivity contribution is 7.98. The molecule has 0 bridgehead atoms. The minimum absolute atomic E-state index is 0.323. The zero-order valence-electron chi connectivity index (χ0n) is 9.71. The van der Waals surface area contributed by atoms with Gasteiger partial charge in [-0.25, -0.2) is 0 Å². The Morgan fingerprint density at radius 1 is 1.18 bits per heavy atom. The molecule has 1 aromatic carbocycles. The fourth-order valence-corrected chi connectivity index (χ4v) is 2.47. The monoisotopic (exact) mass is 264 g/mol. The summed E-state index contributed by atoms with van der Waals surface area (Å²) in [5.41, 5.74) is 3.18. The second kappa shape index (κ2) is 5.78. The van der Waals surface area contributed by atoms with Gasteiger partial charge in [0.25, 0.3) is 0 Å². The summed E-state index contributed by atoms with van der Waals surface area (Å²) in [5, 5.41) is 8.83. The summed E-state index contributed by atoms with van der Waals surface area (Å²) in [6, 6.07) is 5.90. The number of hydrogen-bond donors (Lipinski definition) is 1. The number of rotatable bonds is 4. The Bertz CT molecular complexity index is 356. The van der Waals surface area contributed by atoms with Crippen molar-refractivity contribution in [3.8, 4) is 0 Å². The molecule has 0 heterocycles. The molecule has 17 heavy (non-hydrogen) atoms. The van der Waals surface area contributed by atoms with Crippen LogP contribution >= 0.6 is 11.8 Å². The molecule has 0 spiro atoms. The molecule has 5 heteroatoms. The van der Waals surface area contributed by atoms with Gasteiger partial charge in [-0.2, -0.15) is 24.9 Å². The fraction of sp³-hybridized carbons (Fsp3) is 0.500. The Morgan fingerprint density at radius 2 is 1.71 bits per heavy atom. The maximum atomic E-state index is 12.0. The van der Waals surface area contributed by atoms with Crippen molar-refractivity contribution in [3.05, 3.63) is 34.9 Å². The summed E-state index contributed by atoms with van der Waals surface area (Å²) in [5.74, 6) is 0.159. The zero-order chi connectivity index (χ0) is 13.1. The number of aliphatic hydroxyl groups excluding tert-OH is 1. The average molecular weight is 264 g/mol. The molecule has 1 atom stereocenters. The number of halogens is 3. The minimum atomic E-state index is -4.52. The predicted octanol–water partition coefficient (Wildman–Crippen LogP) is 3.46. The number of hydrogen-bond acceptors (Lipinski definition) is 2. The lowest BCUT2D eigenvalue weighted by molar-refractivity contribution is -0.195. The van der Waals surface area contributed by atoms with Gasteiger partial charge in [-0.1, -0.05) is 29.3 Å². The first-order valence-electron chi connectivity index (χ1n) is 5.19. The van der Waals surface area contributed by atoms with Gasteiger partial charge >= 0.3 is 6.18 Å². The molecule has 0 amide bonds. The summed E-state index contributed by atoms with van der Waals surface area (Å²) in [7, 11) is 0. The molecule has 1 rings (SSSR count). The first-order valence-corrected chi connectivity index (χ1v) is 6.34. The second-order valence-electron chi connectivity index (χ2n) is 4.07. The molecule has 0 fully saturated rings. The van der Waals surface area contributed by atoms with Crippen LogP contribution in [-0.4, -0.2) is 23.1 Å². The molecule has 0 radical (unpaired) electrons. The Hall–Kier alpha value is -0.680. The first-order chi connectivity index (χ1) is 7.79. The van der Waals surface area contributed by atoms with Crippen LogP contribution < -0.4 is 0 Å². The summed E-state index contributed by atoms with van der Waals surface area (Å²) in [6.07, 6.45) is -6.76. The van der Waals surface area contributed by atoms with Crippen LogP contribution in [0.3, 0.4) is 0 Å². The molecule has 1 N–H and O–H groups in total. The molecule has 96 valence electrons. The van der Waals surface area contributed by atoms with Crippen molar-refractivity contribution in [1.82, 2.24) is 0 Å². The van der Waals surface area contributed by atoms with Crippen molar-refractivity contribution in [2.45, 2.75) is 31.9 Å². The van der Waals surface area contributed by atoms with E-state index in [1.165, 1.54) is 0 Å². The van der Waals surface area contributed by atoms with Gasteiger partial charge in [0.1, 0.15) is 0 Å². The Kier molecular flexibility index (Phi) is 4.89. The number of aryl methyl sites for hydroxylation is 2. The van der Waals surface area contributed by atoms with Crippen LogP contribution in [-0.2, 0) is 5.75 Å². The van der Waals surface area contributed by atoms with E-state index < -0.39 is 12.3 Å². The molecule has 0 aliphatic heterocycles. The van der Waals surface area contributed by atoms with E-state index in [1.807, 2.05) is 32.0 Å². The van der Waals surface area contributed by atoms with Crippen molar-refractivity contribution in [1.29, 1.82) is 0 Å². The van der Waals surface area contributed by atoms with E-state index in [9.17, 15) is 13.2 Å². The zero-order valence-corrected chi connectivity index (χ0v) is 10.5. The van der Waals surface area contributed by atoms with Gasteiger partial charge in [-0.05, 0) is 19.4 Å². The maximum absolute atomic E-state index is 12.0. The average Bonchev–Trinajstić information content (AvgIpc) is 2.14. The van der Waals surface area contributed by atoms with Crippen LogP contribution in [0.15, 0.2) is 18.2 Å². The predicted molar refractivity (Wildman–Crippen MR) is 64.1 cm³/mol. The van der Waals surface area contributed by atoms with Gasteiger partial charge in [0.15, 0.2) is 6.10 Å². The first kappa shape index (κ1) is 14.4. The van der Waals surface area contributed by atoms with E-state index >= 15 is 0 Å². The highest BCUT2D eigenvalue weighted by Gasteiger charge is 2.37. The molecule has 0 aliphatic rings. The topological polar surface area (TPSA) is 20.2 Å². The summed E-state index contributed by atoms with van der Waals surface area (Å²) in [6.45, 7) is 3.90. The largest absolute Gasteiger partial charge is 0.415 e. The van der Waals surface area contributed by atoms with Gasteiger partial charge < -0.3 is 5.11 Å². The highest BCUT2D eigenvalue weighted by atomic mass is 32.2. The number of alkyl halides is 3. The van der Waals surface area contributed by atoms with E-state index in [0.717, 1.165) is 28.5 Å². The highest BCUT2D eigenvalue weighted by Crippen LogP contribution is 2.24. The molecule has 1 aromatic rings. The normalized spacial score (nSPS) is 13.8. The summed E-state index contributed by atoms with van der Waals surface area (Å²) < 4.78 is 36.1.